The summed E-state index contributed by atoms with van der Waals surface area (Å²) in [5.41, 5.74) is 2.19. The first-order valence-electron chi connectivity index (χ1n) is 10.7. The van der Waals surface area contributed by atoms with E-state index in [1.165, 1.54) is 24.8 Å². The molecule has 31 heavy (non-hydrogen) atoms. The maximum absolute atomic E-state index is 12.5. The second-order valence-corrected chi connectivity index (χ2v) is 8.81. The molecule has 1 amide bonds. The van der Waals surface area contributed by atoms with Crippen LogP contribution in [0.4, 0.5) is 0 Å². The molecule has 6 nitrogen and oxygen atoms in total. The van der Waals surface area contributed by atoms with E-state index in [-0.39, 0.29) is 12.2 Å². The van der Waals surface area contributed by atoms with Crippen molar-refractivity contribution in [1.82, 2.24) is 5.32 Å². The van der Waals surface area contributed by atoms with Crippen molar-refractivity contribution in [2.24, 2.45) is 0 Å². The smallest absolute Gasteiger partial charge is 0.305 e. The van der Waals surface area contributed by atoms with Gasteiger partial charge in [-0.1, -0.05) is 37.8 Å². The highest BCUT2D eigenvalue weighted by Gasteiger charge is 2.24. The number of hydrogen-bond donors (Lipinski definition) is 2. The number of aliphatic carboxylic acids is 1. The largest absolute Gasteiger partial charge is 0.481 e. The molecule has 0 radical (unpaired) electrons. The Labute approximate surface area is 184 Å². The number of amides is 1. The van der Waals surface area contributed by atoms with Crippen molar-refractivity contribution in [1.29, 1.82) is 0 Å². The van der Waals surface area contributed by atoms with Crippen LogP contribution in [-0.4, -0.2) is 55.2 Å². The van der Waals surface area contributed by atoms with Crippen LogP contribution in [0.25, 0.3) is 0 Å². The molecule has 166 valence electrons. The van der Waals surface area contributed by atoms with Crippen molar-refractivity contribution in [3.63, 3.8) is 0 Å². The predicted octanol–water partition coefficient (Wildman–Crippen LogP) is 3.69. The molecule has 1 heterocycles. The molecule has 0 aliphatic carbocycles. The molecule has 1 aromatic heterocycles. The highest BCUT2D eigenvalue weighted by Crippen LogP contribution is 2.11. The number of furan rings is 1. The molecule has 0 fully saturated rings. The Bertz CT molecular complexity index is 927. The summed E-state index contributed by atoms with van der Waals surface area (Å²) < 4.78 is 6.09. The third-order valence-electron chi connectivity index (χ3n) is 4.71. The third kappa shape index (κ3) is 9.10. The lowest BCUT2D eigenvalue weighted by Crippen LogP contribution is -2.49. The Hall–Kier alpha value is -3.04. The van der Waals surface area contributed by atoms with Crippen molar-refractivity contribution in [2.45, 2.75) is 45.1 Å². The Morgan fingerprint density at radius 2 is 1.77 bits per heavy atom. The summed E-state index contributed by atoms with van der Waals surface area (Å²) in [5, 5.41) is 11.9. The van der Waals surface area contributed by atoms with Crippen molar-refractivity contribution >= 4 is 11.9 Å². The number of quaternary nitrogens is 1. The summed E-state index contributed by atoms with van der Waals surface area (Å²) in [5.74, 6) is 5.10. The van der Waals surface area contributed by atoms with Crippen LogP contribution >= 0.6 is 0 Å². The highest BCUT2D eigenvalue weighted by atomic mass is 16.4. The number of nitrogens with one attached hydrogen (secondary N) is 1. The Balaban J connectivity index is 1.99. The Morgan fingerprint density at radius 1 is 1.06 bits per heavy atom. The second kappa shape index (κ2) is 11.4. The van der Waals surface area contributed by atoms with E-state index >= 15 is 0 Å². The van der Waals surface area contributed by atoms with Gasteiger partial charge in [-0.15, -0.1) is 0 Å². The van der Waals surface area contributed by atoms with Crippen LogP contribution in [0.15, 0.2) is 40.8 Å². The number of aryl methyl sites for hydroxylation is 1. The predicted molar refractivity (Wildman–Crippen MR) is 121 cm³/mol. The average Bonchev–Trinajstić information content (AvgIpc) is 3.15. The quantitative estimate of drug-likeness (QED) is 0.346. The minimum absolute atomic E-state index is 0.118. The normalized spacial score (nSPS) is 12.0. The van der Waals surface area contributed by atoms with Crippen LogP contribution in [0.5, 0.6) is 0 Å². The summed E-state index contributed by atoms with van der Waals surface area (Å²) in [6.45, 7) is 2.68. The summed E-state index contributed by atoms with van der Waals surface area (Å²) in [6, 6.07) is 10.9. The van der Waals surface area contributed by atoms with Gasteiger partial charge in [-0.3, -0.25) is 9.59 Å². The molecule has 0 aliphatic heterocycles. The van der Waals surface area contributed by atoms with Gasteiger partial charge in [0, 0.05) is 5.56 Å². The average molecular weight is 426 g/mol. The number of unbranched alkanes of at least 4 members (excludes halogenated alkanes) is 2. The molecule has 1 atom stereocenters. The van der Waals surface area contributed by atoms with Gasteiger partial charge in [0.1, 0.15) is 0 Å². The van der Waals surface area contributed by atoms with Crippen LogP contribution in [0.2, 0.25) is 0 Å². The minimum atomic E-state index is -0.957. The van der Waals surface area contributed by atoms with Gasteiger partial charge in [-0.2, -0.15) is 0 Å². The number of nitrogens with zero attached hydrogens (tertiary/aromatic N) is 1. The first-order chi connectivity index (χ1) is 14.7. The van der Waals surface area contributed by atoms with E-state index in [2.05, 4.69) is 36.2 Å². The van der Waals surface area contributed by atoms with E-state index in [1.54, 1.807) is 12.1 Å². The van der Waals surface area contributed by atoms with E-state index in [9.17, 15) is 9.59 Å². The number of carboxylic acids is 1. The summed E-state index contributed by atoms with van der Waals surface area (Å²) >= 11 is 0. The number of benzene rings is 1. The van der Waals surface area contributed by atoms with Crippen molar-refractivity contribution in [3.8, 4) is 11.8 Å². The number of likely N-dealkylation sites (N-methyl/N-ethyl adjacent to an activating group) is 1. The van der Waals surface area contributed by atoms with Crippen LogP contribution in [0.1, 0.15) is 60.0 Å². The van der Waals surface area contributed by atoms with E-state index in [1.807, 2.05) is 33.3 Å². The number of carboxylic acid groups (broad SMARTS) is 1. The van der Waals surface area contributed by atoms with Crippen molar-refractivity contribution in [2.75, 3.05) is 27.7 Å². The maximum atomic E-state index is 12.5. The SMILES string of the molecule is CCCCCc1ccc(C#Cc2ccc(C(=O)N[C@H](CC(=O)O)C[N+](C)(C)C)o2)cc1. The molecule has 0 aliphatic rings. The monoisotopic (exact) mass is 425 g/mol. The second-order valence-electron chi connectivity index (χ2n) is 8.81. The molecule has 0 saturated heterocycles. The molecule has 0 bridgehead atoms. The zero-order valence-corrected chi connectivity index (χ0v) is 18.9. The Morgan fingerprint density at radius 3 is 2.39 bits per heavy atom. The maximum Gasteiger partial charge on any atom is 0.305 e. The molecule has 2 rings (SSSR count). The van der Waals surface area contributed by atoms with Gasteiger partial charge in [0.2, 0.25) is 0 Å². The molecular formula is C25H33N2O4+. The molecule has 2 aromatic rings. The van der Waals surface area contributed by atoms with Crippen molar-refractivity contribution in [3.05, 3.63) is 59.0 Å². The van der Waals surface area contributed by atoms with Crippen LogP contribution in [0.3, 0.4) is 0 Å². The van der Waals surface area contributed by atoms with Gasteiger partial charge >= 0.3 is 5.97 Å². The van der Waals surface area contributed by atoms with E-state index in [0.717, 1.165) is 12.0 Å². The number of rotatable bonds is 10. The fraction of sp³-hybridized carbons (Fsp3) is 0.440. The Kier molecular flexibility index (Phi) is 8.89. The van der Waals surface area contributed by atoms with E-state index in [0.29, 0.717) is 16.8 Å². The molecule has 2 N–H and O–H groups in total. The standard InChI is InChI=1S/C25H32N2O4/c1-5-6-7-8-19-9-11-20(12-10-19)13-14-22-15-16-23(31-22)25(30)26-21(17-24(28)29)18-27(2,3)4/h9-12,15-16,21H,5-8,17-18H2,1-4H3,(H-,26,28,29,30)/p+1/t21-/m1/s1. The molecule has 1 aromatic carbocycles. The van der Waals surface area contributed by atoms with Gasteiger partial charge in [0.05, 0.1) is 40.2 Å². The lowest BCUT2D eigenvalue weighted by molar-refractivity contribution is -0.871. The molecule has 0 spiro atoms. The topological polar surface area (TPSA) is 79.5 Å². The lowest BCUT2D eigenvalue weighted by Gasteiger charge is -2.28. The van der Waals surface area contributed by atoms with Crippen LogP contribution in [-0.2, 0) is 11.2 Å². The fourth-order valence-electron chi connectivity index (χ4n) is 3.28. The molecule has 0 unspecified atom stereocenters. The van der Waals surface area contributed by atoms with Gasteiger partial charge in [0.15, 0.2) is 11.5 Å². The zero-order valence-electron chi connectivity index (χ0n) is 18.9. The fourth-order valence-corrected chi connectivity index (χ4v) is 3.28. The highest BCUT2D eigenvalue weighted by molar-refractivity contribution is 5.92. The van der Waals surface area contributed by atoms with Crippen LogP contribution < -0.4 is 5.32 Å². The van der Waals surface area contributed by atoms with Crippen molar-refractivity contribution < 1.29 is 23.6 Å². The minimum Gasteiger partial charge on any atom is -0.481 e. The van der Waals surface area contributed by atoms with Gasteiger partial charge in [-0.25, -0.2) is 0 Å². The first kappa shape index (κ1) is 24.2. The molecule has 6 heteroatoms. The van der Waals surface area contributed by atoms with E-state index in [4.69, 9.17) is 9.52 Å². The van der Waals surface area contributed by atoms with Crippen LogP contribution in [0, 0.1) is 11.8 Å². The number of carbonyl (C=O) groups is 2. The number of carbonyl (C=O) groups excluding carboxylic acids is 1. The first-order valence-corrected chi connectivity index (χ1v) is 10.7. The summed E-state index contributed by atoms with van der Waals surface area (Å²) in [6.07, 6.45) is 4.57. The van der Waals surface area contributed by atoms with Gasteiger partial charge < -0.3 is 19.3 Å². The van der Waals surface area contributed by atoms with E-state index < -0.39 is 17.9 Å². The van der Waals surface area contributed by atoms with Gasteiger partial charge in [0.25, 0.3) is 5.91 Å². The molecular weight excluding hydrogens is 392 g/mol. The summed E-state index contributed by atoms with van der Waals surface area (Å²) in [4.78, 5) is 23.6. The van der Waals surface area contributed by atoms with Gasteiger partial charge in [-0.05, 0) is 48.6 Å². The number of hydrogen-bond acceptors (Lipinski definition) is 3. The summed E-state index contributed by atoms with van der Waals surface area (Å²) in [7, 11) is 5.83. The lowest BCUT2D eigenvalue weighted by atomic mass is 10.1. The third-order valence-corrected chi connectivity index (χ3v) is 4.71. The molecule has 0 saturated carbocycles. The zero-order chi connectivity index (χ0) is 22.9.